The molecule has 29 heavy (non-hydrogen) atoms. The smallest absolute Gasteiger partial charge is 0.293 e. The highest BCUT2D eigenvalue weighted by Crippen LogP contribution is 2.61. The first-order valence-electron chi connectivity index (χ1n) is 11.3. The van der Waals surface area contributed by atoms with Gasteiger partial charge in [0.2, 0.25) is 0 Å². The van der Waals surface area contributed by atoms with Crippen molar-refractivity contribution in [3.8, 4) is 0 Å². The predicted molar refractivity (Wildman–Crippen MR) is 112 cm³/mol. The molecule has 1 N–H and O–H groups in total. The lowest BCUT2D eigenvalue weighted by Crippen LogP contribution is -2.55. The Kier molecular flexibility index (Phi) is 4.56. The Morgan fingerprint density at radius 3 is 2.28 bits per heavy atom. The summed E-state index contributed by atoms with van der Waals surface area (Å²) in [6.45, 7) is 3.84. The van der Waals surface area contributed by atoms with Gasteiger partial charge >= 0.3 is 0 Å². The van der Waals surface area contributed by atoms with Crippen LogP contribution in [0.2, 0.25) is 0 Å². The first-order chi connectivity index (χ1) is 13.9. The van der Waals surface area contributed by atoms with Crippen LogP contribution in [0, 0.1) is 33.3 Å². The van der Waals surface area contributed by atoms with Crippen LogP contribution >= 0.6 is 0 Å². The molecule has 5 fully saturated rings. The number of anilines is 1. The molecule has 1 amide bonds. The van der Waals surface area contributed by atoms with Gasteiger partial charge in [-0.25, -0.2) is 0 Å². The monoisotopic (exact) mass is 397 g/mol. The average molecular weight is 398 g/mol. The molecule has 1 atom stereocenters. The Bertz CT molecular complexity index is 795. The van der Waals surface area contributed by atoms with Gasteiger partial charge in [0.1, 0.15) is 5.69 Å². The molecule has 4 bridgehead atoms. The quantitative estimate of drug-likeness (QED) is 0.585. The second-order valence-corrected chi connectivity index (χ2v) is 10.1. The van der Waals surface area contributed by atoms with Crippen LogP contribution in [0.3, 0.4) is 0 Å². The largest absolute Gasteiger partial charge is 0.366 e. The number of hydrogen-bond donors (Lipinski definition) is 1. The van der Waals surface area contributed by atoms with Crippen LogP contribution in [0.15, 0.2) is 18.2 Å². The number of nitrogens with zero attached hydrogens (tertiary/aromatic N) is 2. The van der Waals surface area contributed by atoms with Gasteiger partial charge in [-0.1, -0.05) is 0 Å². The normalized spacial score (nSPS) is 33.7. The van der Waals surface area contributed by atoms with Crippen LogP contribution in [0.5, 0.6) is 0 Å². The Morgan fingerprint density at radius 1 is 1.14 bits per heavy atom. The molecule has 6 nitrogen and oxygen atoms in total. The molecule has 1 heterocycles. The number of hydrogen-bond acceptors (Lipinski definition) is 4. The minimum atomic E-state index is -0.354. The number of nitrogens with one attached hydrogen (secondary N) is 1. The van der Waals surface area contributed by atoms with Crippen LogP contribution < -0.4 is 10.2 Å². The SMILES string of the molecule is C[C@H](NC(=O)c1ccc(N2CCCC2)c([N+](=O)[O-])c1)C12CC3CC(CC(C3)C1)C2. The van der Waals surface area contributed by atoms with Crippen molar-refractivity contribution in [1.82, 2.24) is 5.32 Å². The maximum atomic E-state index is 13.0. The lowest BCUT2D eigenvalue weighted by Gasteiger charge is -2.59. The molecule has 1 saturated heterocycles. The number of nitro benzene ring substituents is 1. The van der Waals surface area contributed by atoms with Gasteiger partial charge in [0.25, 0.3) is 11.6 Å². The highest BCUT2D eigenvalue weighted by molar-refractivity contribution is 5.96. The zero-order valence-electron chi connectivity index (χ0n) is 17.2. The molecule has 156 valence electrons. The van der Waals surface area contributed by atoms with Crippen LogP contribution in [0.1, 0.15) is 68.6 Å². The molecule has 1 aromatic carbocycles. The molecule has 4 saturated carbocycles. The minimum absolute atomic E-state index is 0.0435. The third-order valence-corrected chi connectivity index (χ3v) is 8.23. The molecule has 0 unspecified atom stereocenters. The van der Waals surface area contributed by atoms with Crippen molar-refractivity contribution < 1.29 is 9.72 Å². The van der Waals surface area contributed by atoms with Gasteiger partial charge in [-0.05, 0) is 93.6 Å². The van der Waals surface area contributed by atoms with E-state index in [1.165, 1.54) is 44.6 Å². The van der Waals surface area contributed by atoms with Gasteiger partial charge in [-0.2, -0.15) is 0 Å². The van der Waals surface area contributed by atoms with Crippen LogP contribution in [0.4, 0.5) is 11.4 Å². The van der Waals surface area contributed by atoms with Gasteiger partial charge < -0.3 is 10.2 Å². The van der Waals surface area contributed by atoms with Crippen LogP contribution in [0.25, 0.3) is 0 Å². The van der Waals surface area contributed by atoms with E-state index >= 15 is 0 Å². The zero-order chi connectivity index (χ0) is 20.2. The summed E-state index contributed by atoms with van der Waals surface area (Å²) in [5.74, 6) is 2.33. The molecule has 0 spiro atoms. The summed E-state index contributed by atoms with van der Waals surface area (Å²) >= 11 is 0. The van der Waals surface area contributed by atoms with Crippen molar-refractivity contribution in [2.45, 2.75) is 64.3 Å². The van der Waals surface area contributed by atoms with Crippen LogP contribution in [-0.4, -0.2) is 30.0 Å². The molecule has 4 aliphatic carbocycles. The van der Waals surface area contributed by atoms with Crippen molar-refractivity contribution in [3.63, 3.8) is 0 Å². The summed E-state index contributed by atoms with van der Waals surface area (Å²) < 4.78 is 0. The summed E-state index contributed by atoms with van der Waals surface area (Å²) in [7, 11) is 0. The predicted octanol–water partition coefficient (Wildman–Crippen LogP) is 4.53. The summed E-state index contributed by atoms with van der Waals surface area (Å²) in [5.41, 5.74) is 1.31. The van der Waals surface area contributed by atoms with Crippen molar-refractivity contribution in [2.75, 3.05) is 18.0 Å². The summed E-state index contributed by atoms with van der Waals surface area (Å²) in [4.78, 5) is 26.4. The van der Waals surface area contributed by atoms with Gasteiger partial charge in [0.15, 0.2) is 0 Å². The molecule has 0 radical (unpaired) electrons. The minimum Gasteiger partial charge on any atom is -0.366 e. The fraction of sp³-hybridized carbons (Fsp3) is 0.696. The van der Waals surface area contributed by atoms with Gasteiger partial charge in [-0.15, -0.1) is 0 Å². The topological polar surface area (TPSA) is 75.5 Å². The Hall–Kier alpha value is -2.11. The standard InChI is InChI=1S/C23H31N3O3/c1-15(23-12-16-8-17(13-23)10-18(9-16)14-23)24-22(27)19-4-5-20(21(11-19)26(28)29)25-6-2-3-7-25/h4-5,11,15-18H,2-3,6-10,12-14H2,1H3,(H,24,27)/t15-,16?,17?,18?,23?/m0/s1. The van der Waals surface area contributed by atoms with E-state index in [1.54, 1.807) is 12.1 Å². The van der Waals surface area contributed by atoms with E-state index < -0.39 is 0 Å². The molecule has 0 aromatic heterocycles. The fourth-order valence-electron chi connectivity index (χ4n) is 7.18. The maximum Gasteiger partial charge on any atom is 0.293 e. The Labute approximate surface area is 172 Å². The third kappa shape index (κ3) is 3.30. The number of carbonyl (C=O) groups excluding carboxylic acids is 1. The van der Waals surface area contributed by atoms with Gasteiger partial charge in [-0.3, -0.25) is 14.9 Å². The lowest BCUT2D eigenvalue weighted by atomic mass is 9.48. The van der Waals surface area contributed by atoms with E-state index in [0.717, 1.165) is 43.7 Å². The fourth-order valence-corrected chi connectivity index (χ4v) is 7.18. The molecule has 5 aliphatic rings. The highest BCUT2D eigenvalue weighted by Gasteiger charge is 2.53. The second-order valence-electron chi connectivity index (χ2n) is 10.1. The van der Waals surface area contributed by atoms with E-state index in [1.807, 2.05) is 0 Å². The van der Waals surface area contributed by atoms with Crippen molar-refractivity contribution in [3.05, 3.63) is 33.9 Å². The number of carbonyl (C=O) groups is 1. The van der Waals surface area contributed by atoms with E-state index in [4.69, 9.17) is 0 Å². The Morgan fingerprint density at radius 2 is 1.72 bits per heavy atom. The van der Waals surface area contributed by atoms with Crippen molar-refractivity contribution in [2.24, 2.45) is 23.2 Å². The molecular formula is C23H31N3O3. The van der Waals surface area contributed by atoms with E-state index in [2.05, 4.69) is 17.1 Å². The molecule has 6 rings (SSSR count). The maximum absolute atomic E-state index is 13.0. The van der Waals surface area contributed by atoms with Gasteiger partial charge in [0.05, 0.1) is 4.92 Å². The van der Waals surface area contributed by atoms with Gasteiger partial charge in [0, 0.05) is 30.8 Å². The first kappa shape index (κ1) is 18.9. The zero-order valence-corrected chi connectivity index (χ0v) is 17.2. The van der Waals surface area contributed by atoms with Crippen molar-refractivity contribution >= 4 is 17.3 Å². The van der Waals surface area contributed by atoms with E-state index in [0.29, 0.717) is 11.3 Å². The highest BCUT2D eigenvalue weighted by atomic mass is 16.6. The van der Waals surface area contributed by atoms with Crippen molar-refractivity contribution in [1.29, 1.82) is 0 Å². The Balaban J connectivity index is 1.34. The average Bonchev–Trinajstić information content (AvgIpc) is 3.21. The third-order valence-electron chi connectivity index (χ3n) is 8.23. The molecular weight excluding hydrogens is 366 g/mol. The molecule has 1 aromatic rings. The summed E-state index contributed by atoms with van der Waals surface area (Å²) in [6.07, 6.45) is 9.94. The summed E-state index contributed by atoms with van der Waals surface area (Å²) in [5, 5.41) is 14.9. The van der Waals surface area contributed by atoms with E-state index in [9.17, 15) is 14.9 Å². The number of benzene rings is 1. The lowest BCUT2D eigenvalue weighted by molar-refractivity contribution is -0.384. The first-order valence-corrected chi connectivity index (χ1v) is 11.3. The molecule has 6 heteroatoms. The second kappa shape index (κ2) is 6.99. The molecule has 1 aliphatic heterocycles. The number of amides is 1. The van der Waals surface area contributed by atoms with E-state index in [-0.39, 0.29) is 28.0 Å². The number of rotatable bonds is 5. The summed E-state index contributed by atoms with van der Waals surface area (Å²) in [6, 6.07) is 5.09. The van der Waals surface area contributed by atoms with Crippen LogP contribution in [-0.2, 0) is 0 Å². The number of nitro groups is 1.